The van der Waals surface area contributed by atoms with Gasteiger partial charge in [0.1, 0.15) is 0 Å². The SMILES string of the molecule is CN(C1CCOCC1)C(C)(C)C(=O)N/C(O)=C/C(=N)C(C)(C)COC1CCCCO1. The fourth-order valence-electron chi connectivity index (χ4n) is 3.55. The van der Waals surface area contributed by atoms with E-state index in [9.17, 15) is 9.90 Å². The molecular formula is C22H39N3O5. The van der Waals surface area contributed by atoms with Crippen LogP contribution in [-0.4, -0.2) is 73.0 Å². The van der Waals surface area contributed by atoms with Gasteiger partial charge in [-0.25, -0.2) is 0 Å². The maximum Gasteiger partial charge on any atom is 0.246 e. The van der Waals surface area contributed by atoms with Gasteiger partial charge in [-0.05, 0) is 53.0 Å². The number of likely N-dealkylation sites (N-methyl/N-ethyl adjacent to an activating group) is 1. The van der Waals surface area contributed by atoms with E-state index in [0.717, 1.165) is 32.1 Å². The Hall–Kier alpha value is -1.48. The van der Waals surface area contributed by atoms with E-state index >= 15 is 0 Å². The van der Waals surface area contributed by atoms with Crippen molar-refractivity contribution in [1.82, 2.24) is 10.2 Å². The molecule has 0 spiro atoms. The Bertz CT molecular complexity index is 620. The van der Waals surface area contributed by atoms with Gasteiger partial charge in [-0.3, -0.25) is 15.0 Å². The van der Waals surface area contributed by atoms with Crippen LogP contribution in [0, 0.1) is 10.8 Å². The van der Waals surface area contributed by atoms with Crippen LogP contribution in [-0.2, 0) is 19.0 Å². The van der Waals surface area contributed by atoms with Crippen LogP contribution in [0.2, 0.25) is 0 Å². The summed E-state index contributed by atoms with van der Waals surface area (Å²) in [4.78, 5) is 14.9. The summed E-state index contributed by atoms with van der Waals surface area (Å²) in [5.74, 6) is -0.650. The quantitative estimate of drug-likeness (QED) is 0.388. The first kappa shape index (κ1) is 24.8. The maximum absolute atomic E-state index is 12.8. The van der Waals surface area contributed by atoms with Crippen LogP contribution in [0.3, 0.4) is 0 Å². The summed E-state index contributed by atoms with van der Waals surface area (Å²) in [6.45, 7) is 9.78. The molecule has 0 bridgehead atoms. The third-order valence-corrected chi connectivity index (χ3v) is 6.20. The molecule has 2 aliphatic rings. The second-order valence-corrected chi connectivity index (χ2v) is 9.40. The van der Waals surface area contributed by atoms with Gasteiger partial charge in [0.25, 0.3) is 0 Å². The Morgan fingerprint density at radius 2 is 1.87 bits per heavy atom. The van der Waals surface area contributed by atoms with E-state index in [-0.39, 0.29) is 29.8 Å². The van der Waals surface area contributed by atoms with Gasteiger partial charge in [0.15, 0.2) is 12.2 Å². The normalized spacial score (nSPS) is 22.2. The van der Waals surface area contributed by atoms with Gasteiger partial charge in [0.05, 0.1) is 12.1 Å². The van der Waals surface area contributed by atoms with Gasteiger partial charge >= 0.3 is 0 Å². The number of amides is 1. The van der Waals surface area contributed by atoms with Crippen molar-refractivity contribution < 1.29 is 24.1 Å². The Morgan fingerprint density at radius 1 is 1.20 bits per heavy atom. The summed E-state index contributed by atoms with van der Waals surface area (Å²) in [5, 5.41) is 21.2. The minimum absolute atomic E-state index is 0.173. The Labute approximate surface area is 180 Å². The van der Waals surface area contributed by atoms with E-state index in [4.69, 9.17) is 19.6 Å². The van der Waals surface area contributed by atoms with Gasteiger partial charge in [-0.2, -0.15) is 0 Å². The lowest BCUT2D eigenvalue weighted by molar-refractivity contribution is -0.171. The molecule has 2 rings (SSSR count). The molecule has 0 aromatic rings. The molecule has 0 aromatic heterocycles. The molecule has 8 nitrogen and oxygen atoms in total. The van der Waals surface area contributed by atoms with Crippen molar-refractivity contribution in [3.05, 3.63) is 12.0 Å². The Morgan fingerprint density at radius 3 is 2.47 bits per heavy atom. The summed E-state index contributed by atoms with van der Waals surface area (Å²) in [7, 11) is 1.92. The third-order valence-electron chi connectivity index (χ3n) is 6.20. The van der Waals surface area contributed by atoms with Gasteiger partial charge in [-0.15, -0.1) is 0 Å². The molecule has 3 N–H and O–H groups in total. The molecule has 2 fully saturated rings. The number of ether oxygens (including phenoxy) is 3. The molecule has 1 amide bonds. The van der Waals surface area contributed by atoms with Crippen molar-refractivity contribution in [2.45, 2.75) is 77.7 Å². The number of aliphatic hydroxyl groups excluding tert-OH is 1. The standard InChI is InChI=1S/C22H39N3O5/c1-21(2,15-30-19-8-6-7-11-29-19)17(23)14-18(26)24-20(27)22(3,4)25(5)16-9-12-28-13-10-16/h14,16,19,23,26H,6-13,15H2,1-5H3,(H,24,27)/b18-14-,23-17?. The van der Waals surface area contributed by atoms with Gasteiger partial charge in [-0.1, -0.05) is 13.8 Å². The highest BCUT2D eigenvalue weighted by Crippen LogP contribution is 2.24. The number of hydrogen-bond acceptors (Lipinski definition) is 7. The first-order chi connectivity index (χ1) is 14.0. The van der Waals surface area contributed by atoms with Crippen molar-refractivity contribution in [2.75, 3.05) is 33.5 Å². The highest BCUT2D eigenvalue weighted by molar-refractivity contribution is 5.98. The molecular weight excluding hydrogens is 386 g/mol. The molecule has 0 aromatic carbocycles. The number of nitrogens with one attached hydrogen (secondary N) is 2. The number of allylic oxidation sites excluding steroid dienone is 1. The van der Waals surface area contributed by atoms with E-state index in [1.165, 1.54) is 6.08 Å². The molecule has 2 saturated heterocycles. The van der Waals surface area contributed by atoms with Crippen molar-refractivity contribution >= 4 is 11.6 Å². The molecule has 30 heavy (non-hydrogen) atoms. The van der Waals surface area contributed by atoms with Crippen LogP contribution in [0.4, 0.5) is 0 Å². The lowest BCUT2D eigenvalue weighted by Gasteiger charge is -2.41. The largest absolute Gasteiger partial charge is 0.494 e. The molecule has 8 heteroatoms. The average Bonchev–Trinajstić information content (AvgIpc) is 2.73. The zero-order valence-electron chi connectivity index (χ0n) is 19.1. The lowest BCUT2D eigenvalue weighted by atomic mass is 9.88. The number of aliphatic hydroxyl groups is 1. The van der Waals surface area contributed by atoms with Crippen LogP contribution >= 0.6 is 0 Å². The molecule has 2 aliphatic heterocycles. The summed E-state index contributed by atoms with van der Waals surface area (Å²) in [6.07, 6.45) is 5.79. The molecule has 0 radical (unpaired) electrons. The van der Waals surface area contributed by atoms with Crippen molar-refractivity contribution in [2.24, 2.45) is 5.41 Å². The monoisotopic (exact) mass is 425 g/mol. The van der Waals surface area contributed by atoms with Crippen molar-refractivity contribution in [3.63, 3.8) is 0 Å². The highest BCUT2D eigenvalue weighted by atomic mass is 16.7. The van der Waals surface area contributed by atoms with E-state index in [1.807, 2.05) is 39.6 Å². The van der Waals surface area contributed by atoms with Crippen LogP contribution < -0.4 is 5.32 Å². The maximum atomic E-state index is 12.8. The number of hydrogen-bond donors (Lipinski definition) is 3. The number of carbonyl (C=O) groups excluding carboxylic acids is 1. The first-order valence-electron chi connectivity index (χ1n) is 10.9. The second kappa shape index (κ2) is 10.7. The fraction of sp³-hybridized carbons (Fsp3) is 0.818. The van der Waals surface area contributed by atoms with Crippen molar-refractivity contribution in [1.29, 1.82) is 5.41 Å². The van der Waals surface area contributed by atoms with Crippen LogP contribution in [0.5, 0.6) is 0 Å². The van der Waals surface area contributed by atoms with E-state index in [1.54, 1.807) is 0 Å². The zero-order chi connectivity index (χ0) is 22.4. The minimum Gasteiger partial charge on any atom is -0.494 e. The topological polar surface area (TPSA) is 104 Å². The fourth-order valence-corrected chi connectivity index (χ4v) is 3.55. The van der Waals surface area contributed by atoms with E-state index in [0.29, 0.717) is 26.4 Å². The second-order valence-electron chi connectivity index (χ2n) is 9.40. The number of carbonyl (C=O) groups is 1. The summed E-state index contributed by atoms with van der Waals surface area (Å²) < 4.78 is 16.8. The molecule has 1 unspecified atom stereocenters. The first-order valence-corrected chi connectivity index (χ1v) is 10.9. The van der Waals surface area contributed by atoms with Crippen LogP contribution in [0.15, 0.2) is 12.0 Å². The van der Waals surface area contributed by atoms with Gasteiger partial charge in [0.2, 0.25) is 5.91 Å². The molecule has 2 heterocycles. The molecule has 0 aliphatic carbocycles. The van der Waals surface area contributed by atoms with Gasteiger partial charge < -0.3 is 24.7 Å². The van der Waals surface area contributed by atoms with Crippen LogP contribution in [0.25, 0.3) is 0 Å². The molecule has 1 atom stereocenters. The van der Waals surface area contributed by atoms with Crippen molar-refractivity contribution in [3.8, 4) is 0 Å². The summed E-state index contributed by atoms with van der Waals surface area (Å²) in [5.41, 5.74) is -1.27. The molecule has 172 valence electrons. The summed E-state index contributed by atoms with van der Waals surface area (Å²) >= 11 is 0. The summed E-state index contributed by atoms with van der Waals surface area (Å²) in [6, 6.07) is 0.252. The molecule has 0 saturated carbocycles. The Kier molecular flexibility index (Phi) is 8.85. The van der Waals surface area contributed by atoms with Gasteiger partial charge in [0, 0.05) is 43.1 Å². The minimum atomic E-state index is -0.817. The van der Waals surface area contributed by atoms with Crippen LogP contribution in [0.1, 0.15) is 59.8 Å². The predicted molar refractivity (Wildman–Crippen MR) is 116 cm³/mol. The van der Waals surface area contributed by atoms with E-state index < -0.39 is 11.0 Å². The Balaban J connectivity index is 1.90. The number of nitrogens with zero attached hydrogens (tertiary/aromatic N) is 1. The zero-order valence-corrected chi connectivity index (χ0v) is 19.1. The number of rotatable bonds is 9. The van der Waals surface area contributed by atoms with E-state index in [2.05, 4.69) is 5.32 Å². The third kappa shape index (κ3) is 6.77. The average molecular weight is 426 g/mol. The smallest absolute Gasteiger partial charge is 0.246 e. The predicted octanol–water partition coefficient (Wildman–Crippen LogP) is 2.98. The lowest BCUT2D eigenvalue weighted by Crippen LogP contribution is -2.57. The highest BCUT2D eigenvalue weighted by Gasteiger charge is 2.37.